The predicted molar refractivity (Wildman–Crippen MR) is 95.3 cm³/mol. The highest BCUT2D eigenvalue weighted by molar-refractivity contribution is 7.92. The van der Waals surface area contributed by atoms with Gasteiger partial charge in [-0.2, -0.15) is 0 Å². The van der Waals surface area contributed by atoms with Gasteiger partial charge in [0.05, 0.1) is 11.8 Å². The van der Waals surface area contributed by atoms with Gasteiger partial charge in [0.2, 0.25) is 0 Å². The van der Waals surface area contributed by atoms with Gasteiger partial charge in [-0.05, 0) is 42.3 Å². The molecule has 1 aromatic carbocycles. The Morgan fingerprint density at radius 2 is 1.92 bits per heavy atom. The van der Waals surface area contributed by atoms with Crippen LogP contribution >= 0.6 is 0 Å². The molecule has 5 nitrogen and oxygen atoms in total. The van der Waals surface area contributed by atoms with E-state index < -0.39 is 28.6 Å². The Bertz CT molecular complexity index is 989. The van der Waals surface area contributed by atoms with E-state index in [-0.39, 0.29) is 17.2 Å². The topological polar surface area (TPSA) is 86.9 Å². The zero-order valence-corrected chi connectivity index (χ0v) is 14.1. The maximum absolute atomic E-state index is 14.6. The standard InChI is InChI=1S/C18H12F2N4OS/c19-15-8-9-16(24-26(25)13-4-2-10-22-11-13)18(20)14(15)7-6-12-3-1-5-17(21)23-12/h1-5,8-11,24H,(H2,21,23). The molecule has 0 saturated carbocycles. The molecule has 0 amide bonds. The van der Waals surface area contributed by atoms with Gasteiger partial charge in [0.25, 0.3) is 0 Å². The van der Waals surface area contributed by atoms with E-state index in [1.807, 2.05) is 0 Å². The summed E-state index contributed by atoms with van der Waals surface area (Å²) < 4.78 is 43.3. The van der Waals surface area contributed by atoms with Crippen molar-refractivity contribution < 1.29 is 13.3 Å². The third kappa shape index (κ3) is 4.08. The number of nitrogen functional groups attached to an aromatic ring is 1. The molecular weight excluding hydrogens is 358 g/mol. The van der Waals surface area contributed by atoms with Crippen molar-refractivity contribution >= 4 is 22.9 Å². The van der Waals surface area contributed by atoms with Crippen LogP contribution in [0.5, 0.6) is 0 Å². The van der Waals surface area contributed by atoms with Gasteiger partial charge in [-0.15, -0.1) is 0 Å². The summed E-state index contributed by atoms with van der Waals surface area (Å²) in [4.78, 5) is 8.15. The molecule has 0 aliphatic heterocycles. The molecule has 26 heavy (non-hydrogen) atoms. The number of hydrogen-bond acceptors (Lipinski definition) is 5. The molecule has 3 N–H and O–H groups in total. The molecule has 0 saturated heterocycles. The minimum atomic E-state index is -1.75. The molecule has 8 heteroatoms. The van der Waals surface area contributed by atoms with Gasteiger partial charge in [0.1, 0.15) is 34.4 Å². The van der Waals surface area contributed by atoms with E-state index in [0.717, 1.165) is 12.1 Å². The summed E-state index contributed by atoms with van der Waals surface area (Å²) in [6, 6.07) is 10.2. The fourth-order valence-electron chi connectivity index (χ4n) is 2.01. The molecule has 2 heterocycles. The zero-order valence-electron chi connectivity index (χ0n) is 13.2. The van der Waals surface area contributed by atoms with Crippen molar-refractivity contribution in [2.45, 2.75) is 4.90 Å². The highest BCUT2D eigenvalue weighted by Gasteiger charge is 2.18. The summed E-state index contributed by atoms with van der Waals surface area (Å²) in [6.45, 7) is 0. The van der Waals surface area contributed by atoms with Crippen molar-refractivity contribution in [3.8, 4) is 11.8 Å². The monoisotopic (exact) mass is 370 g/mol. The third-order valence-corrected chi connectivity index (χ3v) is 4.30. The molecule has 130 valence electrons. The first-order chi connectivity index (χ1) is 12.5. The van der Waals surface area contributed by atoms with Crippen molar-refractivity contribution in [1.29, 1.82) is 0 Å². The lowest BCUT2D eigenvalue weighted by Crippen LogP contribution is -2.15. The van der Waals surface area contributed by atoms with E-state index >= 15 is 0 Å². The smallest absolute Gasteiger partial charge is 0.198 e. The summed E-state index contributed by atoms with van der Waals surface area (Å²) in [7, 11) is 0. The second-order valence-corrected chi connectivity index (χ2v) is 6.25. The second kappa shape index (κ2) is 7.82. The molecule has 1 unspecified atom stereocenters. The number of pyridine rings is 2. The van der Waals surface area contributed by atoms with Crippen LogP contribution in [0.15, 0.2) is 59.8 Å². The SMILES string of the molecule is Nc1cccc(C#Cc2c(F)ccc(N[S+]([O-])c3cccnc3)c2F)n1. The van der Waals surface area contributed by atoms with Crippen molar-refractivity contribution in [2.24, 2.45) is 0 Å². The predicted octanol–water partition coefficient (Wildman–Crippen LogP) is 2.87. The third-order valence-electron chi connectivity index (χ3n) is 3.23. The lowest BCUT2D eigenvalue weighted by atomic mass is 10.1. The van der Waals surface area contributed by atoms with Crippen LogP contribution < -0.4 is 10.5 Å². The zero-order chi connectivity index (χ0) is 18.5. The fourth-order valence-corrected chi connectivity index (χ4v) is 2.84. The Morgan fingerprint density at radius 1 is 1.08 bits per heavy atom. The largest absolute Gasteiger partial charge is 0.588 e. The van der Waals surface area contributed by atoms with Crippen LogP contribution in [-0.4, -0.2) is 14.5 Å². The summed E-state index contributed by atoms with van der Waals surface area (Å²) in [5, 5.41) is 0. The molecule has 0 radical (unpaired) electrons. The minimum Gasteiger partial charge on any atom is -0.588 e. The maximum atomic E-state index is 14.6. The van der Waals surface area contributed by atoms with Gasteiger partial charge < -0.3 is 10.3 Å². The molecule has 0 bridgehead atoms. The van der Waals surface area contributed by atoms with Crippen LogP contribution in [0.4, 0.5) is 20.3 Å². The molecule has 0 spiro atoms. The first-order valence-electron chi connectivity index (χ1n) is 7.35. The number of rotatable bonds is 3. The summed E-state index contributed by atoms with van der Waals surface area (Å²) in [5.74, 6) is 3.44. The molecule has 3 rings (SSSR count). The fraction of sp³-hybridized carbons (Fsp3) is 0. The highest BCUT2D eigenvalue weighted by atomic mass is 32.2. The Hall–Kier alpha value is -3.15. The highest BCUT2D eigenvalue weighted by Crippen LogP contribution is 2.23. The van der Waals surface area contributed by atoms with Crippen molar-refractivity contribution in [3.63, 3.8) is 0 Å². The Balaban J connectivity index is 1.90. The van der Waals surface area contributed by atoms with Gasteiger partial charge in [0, 0.05) is 6.20 Å². The van der Waals surface area contributed by atoms with Gasteiger partial charge in [-0.25, -0.2) is 18.5 Å². The van der Waals surface area contributed by atoms with E-state index in [0.29, 0.717) is 4.90 Å². The molecule has 0 fully saturated rings. The Labute approximate surface area is 151 Å². The van der Waals surface area contributed by atoms with Crippen LogP contribution in [0.25, 0.3) is 0 Å². The molecule has 3 aromatic rings. The summed E-state index contributed by atoms with van der Waals surface area (Å²) >= 11 is -1.75. The molecular formula is C18H12F2N4OS. The number of aromatic nitrogens is 2. The van der Waals surface area contributed by atoms with Crippen LogP contribution in [0, 0.1) is 23.5 Å². The van der Waals surface area contributed by atoms with E-state index in [1.54, 1.807) is 30.3 Å². The lowest BCUT2D eigenvalue weighted by molar-refractivity contribution is 0.578. The van der Waals surface area contributed by atoms with Crippen molar-refractivity contribution in [2.75, 3.05) is 10.5 Å². The number of anilines is 2. The number of benzene rings is 1. The quantitative estimate of drug-likeness (QED) is 0.547. The number of nitrogens with one attached hydrogen (secondary N) is 1. The van der Waals surface area contributed by atoms with Gasteiger partial charge in [-0.3, -0.25) is 4.98 Å². The molecule has 1 atom stereocenters. The van der Waals surface area contributed by atoms with E-state index in [1.165, 1.54) is 12.4 Å². The Morgan fingerprint density at radius 3 is 2.65 bits per heavy atom. The average molecular weight is 370 g/mol. The summed E-state index contributed by atoms with van der Waals surface area (Å²) in [5.41, 5.74) is 5.23. The number of halogens is 2. The lowest BCUT2D eigenvalue weighted by Gasteiger charge is -2.12. The van der Waals surface area contributed by atoms with Gasteiger partial charge in [0.15, 0.2) is 10.7 Å². The van der Waals surface area contributed by atoms with E-state index in [4.69, 9.17) is 5.73 Å². The van der Waals surface area contributed by atoms with Gasteiger partial charge >= 0.3 is 0 Å². The minimum absolute atomic E-state index is 0.140. The Kier molecular flexibility index (Phi) is 5.31. The number of hydrogen-bond donors (Lipinski definition) is 2. The number of nitrogens with zero attached hydrogens (tertiary/aromatic N) is 2. The number of nitrogens with two attached hydrogens (primary N) is 1. The molecule has 0 aliphatic rings. The first kappa shape index (κ1) is 17.7. The average Bonchev–Trinajstić information content (AvgIpc) is 2.64. The van der Waals surface area contributed by atoms with E-state index in [2.05, 4.69) is 26.5 Å². The summed E-state index contributed by atoms with van der Waals surface area (Å²) in [6.07, 6.45) is 2.91. The van der Waals surface area contributed by atoms with Crippen LogP contribution in [0.3, 0.4) is 0 Å². The maximum Gasteiger partial charge on any atom is 0.198 e. The second-order valence-electron chi connectivity index (χ2n) is 5.04. The van der Waals surface area contributed by atoms with Crippen LogP contribution in [0.1, 0.15) is 11.3 Å². The van der Waals surface area contributed by atoms with Crippen molar-refractivity contribution in [3.05, 3.63) is 77.8 Å². The normalized spacial score (nSPS) is 11.3. The first-order valence-corrected chi connectivity index (χ1v) is 8.50. The van der Waals surface area contributed by atoms with Crippen molar-refractivity contribution in [1.82, 2.24) is 9.97 Å². The van der Waals surface area contributed by atoms with Gasteiger partial charge in [-0.1, -0.05) is 12.0 Å². The van der Waals surface area contributed by atoms with E-state index in [9.17, 15) is 13.3 Å². The van der Waals surface area contributed by atoms with Crippen LogP contribution in [-0.2, 0) is 11.4 Å². The van der Waals surface area contributed by atoms with Crippen LogP contribution in [0.2, 0.25) is 0 Å². The molecule has 0 aliphatic carbocycles. The molecule has 2 aromatic heterocycles.